The molecule has 1 rings (SSSR count). The first-order valence-corrected chi connectivity index (χ1v) is 8.28. The average molecular weight is 327 g/mol. The maximum absolute atomic E-state index is 6.05. The second kappa shape index (κ2) is 6.78. The number of hydrogen-bond donors (Lipinski definition) is 0. The van der Waals surface area contributed by atoms with E-state index in [1.807, 2.05) is 0 Å². The summed E-state index contributed by atoms with van der Waals surface area (Å²) in [6, 6.07) is 8.48. The minimum atomic E-state index is 0.168. The fourth-order valence-electron chi connectivity index (χ4n) is 1.97. The molecule has 0 heterocycles. The Balaban J connectivity index is 2.78. The topological polar surface area (TPSA) is 9.23 Å². The maximum atomic E-state index is 6.05. The first-order chi connectivity index (χ1) is 8.87. The van der Waals surface area contributed by atoms with Crippen molar-refractivity contribution in [2.24, 2.45) is 5.41 Å². The highest BCUT2D eigenvalue weighted by molar-refractivity contribution is 9.09. The smallest absolute Gasteiger partial charge is 0.119 e. The minimum Gasteiger partial charge on any atom is -0.493 e. The molecule has 0 bridgehead atoms. The lowest BCUT2D eigenvalue weighted by atomic mass is 9.85. The summed E-state index contributed by atoms with van der Waals surface area (Å²) in [6.45, 7) is 11.9. The summed E-state index contributed by atoms with van der Waals surface area (Å²) in [5.74, 6) is 0.986. The van der Waals surface area contributed by atoms with Crippen LogP contribution in [0.15, 0.2) is 24.3 Å². The Hall–Kier alpha value is -0.500. The van der Waals surface area contributed by atoms with E-state index in [1.54, 1.807) is 0 Å². The van der Waals surface area contributed by atoms with Crippen molar-refractivity contribution in [3.63, 3.8) is 0 Å². The van der Waals surface area contributed by atoms with E-state index in [-0.39, 0.29) is 10.8 Å². The monoisotopic (exact) mass is 326 g/mol. The van der Waals surface area contributed by atoms with Crippen LogP contribution in [-0.2, 0) is 5.41 Å². The summed E-state index contributed by atoms with van der Waals surface area (Å²) in [4.78, 5) is 0. The third-order valence-electron chi connectivity index (χ3n) is 4.03. The van der Waals surface area contributed by atoms with Crippen LogP contribution in [0, 0.1) is 5.41 Å². The lowest BCUT2D eigenvalue weighted by Gasteiger charge is -2.29. The van der Waals surface area contributed by atoms with Gasteiger partial charge in [-0.25, -0.2) is 0 Å². The summed E-state index contributed by atoms with van der Waals surface area (Å²) in [7, 11) is 0. The van der Waals surface area contributed by atoms with Gasteiger partial charge in [0, 0.05) is 10.7 Å². The number of halogens is 1. The van der Waals surface area contributed by atoms with Gasteiger partial charge in [-0.2, -0.15) is 0 Å². The third kappa shape index (κ3) is 4.52. The van der Waals surface area contributed by atoms with E-state index < -0.39 is 0 Å². The molecular weight excluding hydrogens is 300 g/mol. The summed E-state index contributed by atoms with van der Waals surface area (Å²) < 4.78 is 6.05. The Labute approximate surface area is 126 Å². The molecule has 0 aromatic heterocycles. The molecule has 0 radical (unpaired) electrons. The van der Waals surface area contributed by atoms with Crippen molar-refractivity contribution in [3.8, 4) is 5.75 Å². The van der Waals surface area contributed by atoms with Crippen molar-refractivity contribution in [2.45, 2.75) is 52.9 Å². The van der Waals surface area contributed by atoms with Crippen LogP contribution in [0.3, 0.4) is 0 Å². The summed E-state index contributed by atoms with van der Waals surface area (Å²) >= 11 is 3.63. The normalized spacial score (nSPS) is 12.5. The van der Waals surface area contributed by atoms with E-state index in [1.165, 1.54) is 5.56 Å². The quantitative estimate of drug-likeness (QED) is 0.621. The van der Waals surface area contributed by atoms with Gasteiger partial charge < -0.3 is 4.74 Å². The van der Waals surface area contributed by atoms with Crippen LogP contribution in [0.2, 0.25) is 0 Å². The second-order valence-electron chi connectivity index (χ2n) is 6.41. The van der Waals surface area contributed by atoms with Crippen LogP contribution < -0.4 is 4.74 Å². The van der Waals surface area contributed by atoms with Crippen molar-refractivity contribution in [1.29, 1.82) is 0 Å². The van der Waals surface area contributed by atoms with Crippen LogP contribution in [0.1, 0.15) is 53.0 Å². The zero-order valence-corrected chi connectivity index (χ0v) is 14.5. The van der Waals surface area contributed by atoms with E-state index in [0.29, 0.717) is 0 Å². The Morgan fingerprint density at radius 1 is 1.11 bits per heavy atom. The highest BCUT2D eigenvalue weighted by Crippen LogP contribution is 2.31. The van der Waals surface area contributed by atoms with Gasteiger partial charge in [-0.15, -0.1) is 0 Å². The number of rotatable bonds is 6. The molecular formula is C17H27BrO. The fraction of sp³-hybridized carbons (Fsp3) is 0.647. The van der Waals surface area contributed by atoms with Gasteiger partial charge in [0.05, 0.1) is 6.61 Å². The average Bonchev–Trinajstić information content (AvgIpc) is 2.40. The van der Waals surface area contributed by atoms with Gasteiger partial charge in [0.2, 0.25) is 0 Å². The number of benzene rings is 1. The molecule has 0 fully saturated rings. The molecule has 0 unspecified atom stereocenters. The van der Waals surface area contributed by atoms with Crippen LogP contribution in [0.5, 0.6) is 5.75 Å². The van der Waals surface area contributed by atoms with E-state index in [9.17, 15) is 0 Å². The Morgan fingerprint density at radius 3 is 2.21 bits per heavy atom. The van der Waals surface area contributed by atoms with E-state index in [2.05, 4.69) is 74.8 Å². The molecule has 0 N–H and O–H groups in total. The summed E-state index contributed by atoms with van der Waals surface area (Å²) in [5, 5.41) is 0.992. The van der Waals surface area contributed by atoms with Gasteiger partial charge in [0.15, 0.2) is 0 Å². The van der Waals surface area contributed by atoms with E-state index in [0.717, 1.165) is 30.5 Å². The van der Waals surface area contributed by atoms with Crippen molar-refractivity contribution < 1.29 is 4.74 Å². The zero-order valence-electron chi connectivity index (χ0n) is 12.9. The molecule has 0 aliphatic heterocycles. The van der Waals surface area contributed by atoms with Gasteiger partial charge >= 0.3 is 0 Å². The zero-order chi connectivity index (χ0) is 14.5. The molecule has 0 saturated heterocycles. The lowest BCUT2D eigenvalue weighted by Crippen LogP contribution is -2.29. The first-order valence-electron chi connectivity index (χ1n) is 7.16. The standard InChI is InChI=1S/C17H27BrO/c1-6-17(7-2,12-18)13-19-15-10-8-9-14(11-15)16(3,4)5/h8-11H,6-7,12-13H2,1-5H3. The van der Waals surface area contributed by atoms with Gasteiger partial charge in [0.1, 0.15) is 5.75 Å². The molecule has 0 aliphatic carbocycles. The van der Waals surface area contributed by atoms with Crippen molar-refractivity contribution in [3.05, 3.63) is 29.8 Å². The lowest BCUT2D eigenvalue weighted by molar-refractivity contribution is 0.157. The largest absolute Gasteiger partial charge is 0.493 e. The SMILES string of the molecule is CCC(CC)(CBr)COc1cccc(C(C)(C)C)c1. The molecule has 1 aromatic rings. The van der Waals surface area contributed by atoms with Crippen molar-refractivity contribution in [2.75, 3.05) is 11.9 Å². The predicted octanol–water partition coefficient (Wildman–Crippen LogP) is 5.56. The van der Waals surface area contributed by atoms with Crippen LogP contribution in [0.4, 0.5) is 0 Å². The molecule has 108 valence electrons. The molecule has 19 heavy (non-hydrogen) atoms. The Bertz CT molecular complexity index is 380. The summed E-state index contributed by atoms with van der Waals surface area (Å²) in [6.07, 6.45) is 2.27. The number of ether oxygens (including phenoxy) is 1. The minimum absolute atomic E-state index is 0.168. The molecule has 1 aromatic carbocycles. The molecule has 2 heteroatoms. The maximum Gasteiger partial charge on any atom is 0.119 e. The fourth-order valence-corrected chi connectivity index (χ4v) is 2.93. The van der Waals surface area contributed by atoms with Gasteiger partial charge in [-0.1, -0.05) is 62.7 Å². The molecule has 0 aliphatic rings. The van der Waals surface area contributed by atoms with Crippen LogP contribution in [-0.4, -0.2) is 11.9 Å². The highest BCUT2D eigenvalue weighted by Gasteiger charge is 2.26. The number of hydrogen-bond acceptors (Lipinski definition) is 1. The Morgan fingerprint density at radius 2 is 1.74 bits per heavy atom. The molecule has 0 amide bonds. The summed E-state index contributed by atoms with van der Waals surface area (Å²) in [5.41, 5.74) is 1.74. The van der Waals surface area contributed by atoms with Crippen LogP contribution in [0.25, 0.3) is 0 Å². The first kappa shape index (κ1) is 16.6. The molecule has 1 nitrogen and oxygen atoms in total. The molecule has 0 spiro atoms. The second-order valence-corrected chi connectivity index (χ2v) is 6.97. The van der Waals surface area contributed by atoms with Crippen molar-refractivity contribution in [1.82, 2.24) is 0 Å². The molecule has 0 atom stereocenters. The van der Waals surface area contributed by atoms with Gasteiger partial charge in [-0.05, 0) is 36.0 Å². The Kier molecular flexibility index (Phi) is 5.91. The van der Waals surface area contributed by atoms with E-state index >= 15 is 0 Å². The predicted molar refractivity (Wildman–Crippen MR) is 87.4 cm³/mol. The van der Waals surface area contributed by atoms with E-state index in [4.69, 9.17) is 4.74 Å². The third-order valence-corrected chi connectivity index (χ3v) is 5.22. The van der Waals surface area contributed by atoms with Gasteiger partial charge in [-0.3, -0.25) is 0 Å². The van der Waals surface area contributed by atoms with Crippen molar-refractivity contribution >= 4 is 15.9 Å². The molecule has 0 saturated carbocycles. The van der Waals surface area contributed by atoms with Gasteiger partial charge in [0.25, 0.3) is 0 Å². The highest BCUT2D eigenvalue weighted by atomic mass is 79.9. The number of alkyl halides is 1. The van der Waals surface area contributed by atoms with Crippen LogP contribution >= 0.6 is 15.9 Å².